The first kappa shape index (κ1) is 15.4. The molecule has 0 saturated carbocycles. The lowest BCUT2D eigenvalue weighted by Crippen LogP contribution is -2.28. The number of hydrogen-bond acceptors (Lipinski definition) is 4. The van der Waals surface area contributed by atoms with E-state index in [0.717, 1.165) is 36.4 Å². The maximum atomic E-state index is 11.9. The van der Waals surface area contributed by atoms with Gasteiger partial charge in [0, 0.05) is 25.5 Å². The predicted molar refractivity (Wildman–Crippen MR) is 89.3 cm³/mol. The van der Waals surface area contributed by atoms with E-state index >= 15 is 0 Å². The van der Waals surface area contributed by atoms with Crippen molar-refractivity contribution in [2.45, 2.75) is 44.6 Å². The molecule has 0 radical (unpaired) electrons. The van der Waals surface area contributed by atoms with E-state index in [2.05, 4.69) is 23.3 Å². The summed E-state index contributed by atoms with van der Waals surface area (Å²) in [6, 6.07) is 8.15. The Labute approximate surface area is 134 Å². The quantitative estimate of drug-likeness (QED) is 0.887. The van der Waals surface area contributed by atoms with Crippen LogP contribution in [0.5, 0.6) is 0 Å². The number of ether oxygens (including phenoxy) is 1. The molecule has 1 aromatic carbocycles. The van der Waals surface area contributed by atoms with Gasteiger partial charge in [-0.3, -0.25) is 4.79 Å². The third-order valence-electron chi connectivity index (χ3n) is 4.05. The zero-order valence-corrected chi connectivity index (χ0v) is 13.7. The van der Waals surface area contributed by atoms with Crippen LogP contribution in [-0.4, -0.2) is 30.1 Å². The molecule has 1 amide bonds. The van der Waals surface area contributed by atoms with Gasteiger partial charge in [-0.15, -0.1) is 11.3 Å². The van der Waals surface area contributed by atoms with Gasteiger partial charge in [0.25, 0.3) is 0 Å². The first-order valence-electron chi connectivity index (χ1n) is 7.96. The first-order chi connectivity index (χ1) is 10.7. The number of fused-ring (bicyclic) bond motifs is 1. The van der Waals surface area contributed by atoms with E-state index < -0.39 is 0 Å². The highest BCUT2D eigenvalue weighted by Gasteiger charge is 2.17. The summed E-state index contributed by atoms with van der Waals surface area (Å²) < 4.78 is 6.75. The smallest absolute Gasteiger partial charge is 0.220 e. The van der Waals surface area contributed by atoms with Crippen LogP contribution in [0.3, 0.4) is 0 Å². The van der Waals surface area contributed by atoms with Crippen molar-refractivity contribution in [1.29, 1.82) is 0 Å². The van der Waals surface area contributed by atoms with Gasteiger partial charge in [0.05, 0.1) is 21.3 Å². The highest BCUT2D eigenvalue weighted by atomic mass is 32.1. The molecule has 3 rings (SSSR count). The zero-order chi connectivity index (χ0) is 15.4. The van der Waals surface area contributed by atoms with Crippen molar-refractivity contribution in [1.82, 2.24) is 10.3 Å². The highest BCUT2D eigenvalue weighted by Crippen LogP contribution is 2.26. The molecule has 118 valence electrons. The van der Waals surface area contributed by atoms with Gasteiger partial charge in [0.2, 0.25) is 5.91 Å². The fraction of sp³-hybridized carbons (Fsp3) is 0.529. The Balaban J connectivity index is 1.46. The van der Waals surface area contributed by atoms with E-state index in [4.69, 9.17) is 4.74 Å². The first-order valence-corrected chi connectivity index (χ1v) is 8.78. The Kier molecular flexibility index (Phi) is 5.05. The maximum Gasteiger partial charge on any atom is 0.220 e. The van der Waals surface area contributed by atoms with Crippen molar-refractivity contribution in [2.75, 3.05) is 13.2 Å². The van der Waals surface area contributed by atoms with Gasteiger partial charge in [0.1, 0.15) is 0 Å². The fourth-order valence-corrected chi connectivity index (χ4v) is 3.73. The molecule has 2 heterocycles. The van der Waals surface area contributed by atoms with Crippen LogP contribution in [0, 0.1) is 0 Å². The lowest BCUT2D eigenvalue weighted by atomic mass is 10.1. The van der Waals surface area contributed by atoms with Gasteiger partial charge in [0.15, 0.2) is 0 Å². The van der Waals surface area contributed by atoms with Crippen LogP contribution in [0.1, 0.15) is 43.5 Å². The molecule has 1 N–H and O–H groups in total. The number of aromatic nitrogens is 1. The number of nitrogens with one attached hydrogen (secondary N) is 1. The standard InChI is InChI=1S/C17H22N2O2S/c1-12(17-19-14-6-2-3-7-15(14)22-17)11-18-16(20)9-8-13-5-4-10-21-13/h2-3,6-7,12-13H,4-5,8-11H2,1H3,(H,18,20)/t12-,13+/m1/s1. The average Bonchev–Trinajstić information content (AvgIpc) is 3.19. The Morgan fingerprint density at radius 1 is 1.50 bits per heavy atom. The summed E-state index contributed by atoms with van der Waals surface area (Å²) in [6.45, 7) is 3.60. The van der Waals surface area contributed by atoms with E-state index in [-0.39, 0.29) is 17.9 Å². The van der Waals surface area contributed by atoms with Gasteiger partial charge in [-0.1, -0.05) is 19.1 Å². The van der Waals surface area contributed by atoms with Crippen LogP contribution < -0.4 is 5.32 Å². The predicted octanol–water partition coefficient (Wildman–Crippen LogP) is 3.48. The second-order valence-electron chi connectivity index (χ2n) is 5.90. The highest BCUT2D eigenvalue weighted by molar-refractivity contribution is 7.18. The van der Waals surface area contributed by atoms with Crippen molar-refractivity contribution >= 4 is 27.5 Å². The van der Waals surface area contributed by atoms with Crippen molar-refractivity contribution < 1.29 is 9.53 Å². The number of para-hydroxylation sites is 1. The van der Waals surface area contributed by atoms with Crippen LogP contribution in [0.15, 0.2) is 24.3 Å². The normalized spacial score (nSPS) is 19.4. The number of amides is 1. The lowest BCUT2D eigenvalue weighted by molar-refractivity contribution is -0.121. The van der Waals surface area contributed by atoms with Gasteiger partial charge in [-0.2, -0.15) is 0 Å². The molecule has 2 atom stereocenters. The minimum absolute atomic E-state index is 0.114. The van der Waals surface area contributed by atoms with E-state index in [0.29, 0.717) is 13.0 Å². The summed E-state index contributed by atoms with van der Waals surface area (Å²) in [5, 5.41) is 4.11. The van der Waals surface area contributed by atoms with Gasteiger partial charge < -0.3 is 10.1 Å². The van der Waals surface area contributed by atoms with Crippen molar-refractivity contribution in [3.63, 3.8) is 0 Å². The second-order valence-corrected chi connectivity index (χ2v) is 6.96. The number of hydrogen-bond donors (Lipinski definition) is 1. The number of carbonyl (C=O) groups is 1. The molecule has 4 nitrogen and oxygen atoms in total. The van der Waals surface area contributed by atoms with Crippen LogP contribution in [0.25, 0.3) is 10.2 Å². The molecular weight excluding hydrogens is 296 g/mol. The summed E-state index contributed by atoms with van der Waals surface area (Å²) in [5.41, 5.74) is 1.04. The fourth-order valence-electron chi connectivity index (χ4n) is 2.71. The van der Waals surface area contributed by atoms with Crippen LogP contribution in [0.2, 0.25) is 0 Å². The van der Waals surface area contributed by atoms with Crippen molar-refractivity contribution in [2.24, 2.45) is 0 Å². The third kappa shape index (κ3) is 3.84. The molecular formula is C17H22N2O2S. The summed E-state index contributed by atoms with van der Waals surface area (Å²) in [6.07, 6.45) is 3.89. The molecule has 1 aliphatic heterocycles. The monoisotopic (exact) mass is 318 g/mol. The number of rotatable bonds is 6. The van der Waals surface area contributed by atoms with E-state index in [1.54, 1.807) is 11.3 Å². The molecule has 1 aliphatic rings. The number of benzene rings is 1. The SMILES string of the molecule is C[C@H](CNC(=O)CC[C@@H]1CCCO1)c1nc2ccccc2s1. The number of nitrogens with zero attached hydrogens (tertiary/aromatic N) is 1. The van der Waals surface area contributed by atoms with Crippen LogP contribution in [0.4, 0.5) is 0 Å². The minimum Gasteiger partial charge on any atom is -0.378 e. The van der Waals surface area contributed by atoms with E-state index in [1.165, 1.54) is 4.70 Å². The summed E-state index contributed by atoms with van der Waals surface area (Å²) in [7, 11) is 0. The maximum absolute atomic E-state index is 11.9. The Bertz CT molecular complexity index is 601. The number of thiazole rings is 1. The Morgan fingerprint density at radius 2 is 2.36 bits per heavy atom. The topological polar surface area (TPSA) is 51.2 Å². The van der Waals surface area contributed by atoms with Crippen LogP contribution in [-0.2, 0) is 9.53 Å². The molecule has 5 heteroatoms. The largest absolute Gasteiger partial charge is 0.378 e. The van der Waals surface area contributed by atoms with Gasteiger partial charge >= 0.3 is 0 Å². The van der Waals surface area contributed by atoms with Crippen LogP contribution >= 0.6 is 11.3 Å². The second kappa shape index (κ2) is 7.20. The number of carbonyl (C=O) groups excluding carboxylic acids is 1. The molecule has 0 bridgehead atoms. The molecule has 1 saturated heterocycles. The van der Waals surface area contributed by atoms with E-state index in [9.17, 15) is 4.79 Å². The molecule has 1 fully saturated rings. The molecule has 2 aromatic rings. The summed E-state index contributed by atoms with van der Waals surface area (Å²) in [5.74, 6) is 0.354. The molecule has 22 heavy (non-hydrogen) atoms. The van der Waals surface area contributed by atoms with Gasteiger partial charge in [-0.25, -0.2) is 4.98 Å². The third-order valence-corrected chi connectivity index (χ3v) is 5.32. The Hall–Kier alpha value is -1.46. The molecule has 1 aromatic heterocycles. The average molecular weight is 318 g/mol. The van der Waals surface area contributed by atoms with E-state index in [1.807, 2.05) is 18.2 Å². The summed E-state index contributed by atoms with van der Waals surface area (Å²) >= 11 is 1.71. The van der Waals surface area contributed by atoms with Crippen molar-refractivity contribution in [3.8, 4) is 0 Å². The lowest BCUT2D eigenvalue weighted by Gasteiger charge is -2.12. The van der Waals surface area contributed by atoms with Gasteiger partial charge in [-0.05, 0) is 31.4 Å². The minimum atomic E-state index is 0.114. The Morgan fingerprint density at radius 3 is 3.14 bits per heavy atom. The molecule has 0 spiro atoms. The van der Waals surface area contributed by atoms with Crippen molar-refractivity contribution in [3.05, 3.63) is 29.3 Å². The zero-order valence-electron chi connectivity index (χ0n) is 12.9. The molecule has 0 unspecified atom stereocenters. The molecule has 0 aliphatic carbocycles. The summed E-state index contributed by atoms with van der Waals surface area (Å²) in [4.78, 5) is 16.6.